The van der Waals surface area contributed by atoms with Crippen LogP contribution in [-0.4, -0.2) is 30.6 Å². The Labute approximate surface area is 75.1 Å². The third kappa shape index (κ3) is 1.50. The molecule has 0 radical (unpaired) electrons. The van der Waals surface area contributed by atoms with E-state index in [0.717, 1.165) is 24.4 Å². The predicted octanol–water partition coefficient (Wildman–Crippen LogP) is 1.07. The number of hydrogen-bond acceptors (Lipinski definition) is 2. The molecule has 0 aromatic rings. The zero-order valence-corrected chi connectivity index (χ0v) is 8.00. The molecule has 0 aromatic heterocycles. The summed E-state index contributed by atoms with van der Waals surface area (Å²) in [5.41, 5.74) is 5.65. The van der Waals surface area contributed by atoms with Crippen molar-refractivity contribution in [3.8, 4) is 0 Å². The Bertz CT molecular complexity index is 156. The van der Waals surface area contributed by atoms with Crippen LogP contribution < -0.4 is 5.73 Å². The average molecular weight is 168 g/mol. The molecule has 1 aliphatic heterocycles. The number of rotatable bonds is 4. The number of likely N-dealkylation sites (tertiary alicyclic amines) is 1. The predicted molar refractivity (Wildman–Crippen MR) is 50.9 cm³/mol. The Balaban J connectivity index is 1.68. The second kappa shape index (κ2) is 3.35. The van der Waals surface area contributed by atoms with Gasteiger partial charge in [0.2, 0.25) is 0 Å². The first kappa shape index (κ1) is 8.52. The number of hydrogen-bond donors (Lipinski definition) is 1. The molecule has 2 rings (SSSR count). The first-order valence-corrected chi connectivity index (χ1v) is 5.29. The van der Waals surface area contributed by atoms with Crippen molar-refractivity contribution in [2.75, 3.05) is 19.6 Å². The monoisotopic (exact) mass is 168 g/mol. The summed E-state index contributed by atoms with van der Waals surface area (Å²) >= 11 is 0. The smallest absolute Gasteiger partial charge is 0.0230 e. The maximum Gasteiger partial charge on any atom is 0.0230 e. The second-order valence-electron chi connectivity index (χ2n) is 4.34. The van der Waals surface area contributed by atoms with Gasteiger partial charge in [0, 0.05) is 25.7 Å². The maximum absolute atomic E-state index is 5.65. The highest BCUT2D eigenvalue weighted by atomic mass is 15.2. The van der Waals surface area contributed by atoms with Crippen LogP contribution in [0.1, 0.15) is 26.2 Å². The minimum Gasteiger partial charge on any atom is -0.329 e. The molecule has 12 heavy (non-hydrogen) atoms. The molecule has 1 saturated carbocycles. The van der Waals surface area contributed by atoms with Gasteiger partial charge in [-0.25, -0.2) is 0 Å². The van der Waals surface area contributed by atoms with Gasteiger partial charge in [0.05, 0.1) is 0 Å². The summed E-state index contributed by atoms with van der Waals surface area (Å²) in [6, 6.07) is 0.725. The van der Waals surface area contributed by atoms with E-state index >= 15 is 0 Å². The summed E-state index contributed by atoms with van der Waals surface area (Å²) in [6.45, 7) is 5.81. The van der Waals surface area contributed by atoms with Gasteiger partial charge in [0.15, 0.2) is 0 Å². The van der Waals surface area contributed by atoms with Crippen molar-refractivity contribution in [2.45, 2.75) is 32.2 Å². The minimum atomic E-state index is 0.725. The molecule has 0 bridgehead atoms. The number of nitrogens with zero attached hydrogens (tertiary/aromatic N) is 1. The van der Waals surface area contributed by atoms with Gasteiger partial charge in [-0.2, -0.15) is 0 Å². The molecule has 2 N–H and O–H groups in total. The van der Waals surface area contributed by atoms with E-state index in [2.05, 4.69) is 11.8 Å². The van der Waals surface area contributed by atoms with Crippen LogP contribution in [0, 0.1) is 11.8 Å². The highest BCUT2D eigenvalue weighted by molar-refractivity contribution is 4.92. The summed E-state index contributed by atoms with van der Waals surface area (Å²) in [7, 11) is 0. The van der Waals surface area contributed by atoms with Crippen LogP contribution >= 0.6 is 0 Å². The first-order chi connectivity index (χ1) is 5.85. The third-order valence-electron chi connectivity index (χ3n) is 3.60. The summed E-state index contributed by atoms with van der Waals surface area (Å²) in [5, 5.41) is 0. The van der Waals surface area contributed by atoms with Crippen LogP contribution in [0.5, 0.6) is 0 Å². The van der Waals surface area contributed by atoms with E-state index in [-0.39, 0.29) is 0 Å². The first-order valence-electron chi connectivity index (χ1n) is 5.29. The SMILES string of the molecule is CCC1CC1CN1CCC1CN. The lowest BCUT2D eigenvalue weighted by Crippen LogP contribution is -2.52. The van der Waals surface area contributed by atoms with E-state index in [1.807, 2.05) is 0 Å². The quantitative estimate of drug-likeness (QED) is 0.680. The van der Waals surface area contributed by atoms with Gasteiger partial charge in [-0.3, -0.25) is 4.90 Å². The van der Waals surface area contributed by atoms with Crippen molar-refractivity contribution < 1.29 is 0 Å². The summed E-state index contributed by atoms with van der Waals surface area (Å²) < 4.78 is 0. The Hall–Kier alpha value is -0.0800. The lowest BCUT2D eigenvalue weighted by molar-refractivity contribution is 0.0891. The Morgan fingerprint density at radius 3 is 2.67 bits per heavy atom. The molecule has 3 atom stereocenters. The van der Waals surface area contributed by atoms with E-state index in [1.54, 1.807) is 0 Å². The van der Waals surface area contributed by atoms with Gasteiger partial charge in [-0.05, 0) is 24.7 Å². The molecule has 1 heterocycles. The molecule has 2 heteroatoms. The molecular formula is C10H20N2. The van der Waals surface area contributed by atoms with Crippen molar-refractivity contribution in [2.24, 2.45) is 17.6 Å². The van der Waals surface area contributed by atoms with Crippen molar-refractivity contribution in [1.29, 1.82) is 0 Å². The zero-order valence-electron chi connectivity index (χ0n) is 8.00. The highest BCUT2D eigenvalue weighted by Gasteiger charge is 2.39. The molecule has 0 amide bonds. The Morgan fingerprint density at radius 1 is 1.42 bits per heavy atom. The zero-order chi connectivity index (χ0) is 8.55. The molecule has 2 nitrogen and oxygen atoms in total. The number of nitrogens with two attached hydrogens (primary N) is 1. The molecular weight excluding hydrogens is 148 g/mol. The van der Waals surface area contributed by atoms with Crippen LogP contribution in [0.3, 0.4) is 0 Å². The van der Waals surface area contributed by atoms with Gasteiger partial charge in [-0.15, -0.1) is 0 Å². The molecule has 1 aliphatic carbocycles. The fourth-order valence-electron chi connectivity index (χ4n) is 2.34. The van der Waals surface area contributed by atoms with Gasteiger partial charge in [0.1, 0.15) is 0 Å². The summed E-state index contributed by atoms with van der Waals surface area (Å²) in [4.78, 5) is 2.57. The normalized spacial score (nSPS) is 41.0. The van der Waals surface area contributed by atoms with Crippen LogP contribution in [0.2, 0.25) is 0 Å². The Morgan fingerprint density at radius 2 is 2.25 bits per heavy atom. The molecule has 2 fully saturated rings. The largest absolute Gasteiger partial charge is 0.329 e. The lowest BCUT2D eigenvalue weighted by atomic mass is 10.0. The van der Waals surface area contributed by atoms with Gasteiger partial charge >= 0.3 is 0 Å². The molecule has 70 valence electrons. The fraction of sp³-hybridized carbons (Fsp3) is 1.00. The standard InChI is InChI=1S/C10H20N2/c1-2-8-5-9(8)7-12-4-3-10(12)6-11/h8-10H,2-7,11H2,1H3. The van der Waals surface area contributed by atoms with Gasteiger partial charge < -0.3 is 5.73 Å². The van der Waals surface area contributed by atoms with Crippen LogP contribution in [0.25, 0.3) is 0 Å². The van der Waals surface area contributed by atoms with Crippen molar-refractivity contribution >= 4 is 0 Å². The molecule has 0 spiro atoms. The second-order valence-corrected chi connectivity index (χ2v) is 4.34. The van der Waals surface area contributed by atoms with E-state index in [9.17, 15) is 0 Å². The topological polar surface area (TPSA) is 29.3 Å². The van der Waals surface area contributed by atoms with Crippen molar-refractivity contribution in [1.82, 2.24) is 4.90 Å². The lowest BCUT2D eigenvalue weighted by Gasteiger charge is -2.40. The average Bonchev–Trinajstić information content (AvgIpc) is 2.78. The maximum atomic E-state index is 5.65. The van der Waals surface area contributed by atoms with Gasteiger partial charge in [-0.1, -0.05) is 13.3 Å². The molecule has 0 aromatic carbocycles. The third-order valence-corrected chi connectivity index (χ3v) is 3.60. The fourth-order valence-corrected chi connectivity index (χ4v) is 2.34. The minimum absolute atomic E-state index is 0.725. The van der Waals surface area contributed by atoms with E-state index in [0.29, 0.717) is 0 Å². The molecule has 2 aliphatic rings. The Kier molecular flexibility index (Phi) is 2.37. The summed E-state index contributed by atoms with van der Waals surface area (Å²) in [6.07, 6.45) is 4.19. The van der Waals surface area contributed by atoms with Crippen molar-refractivity contribution in [3.63, 3.8) is 0 Å². The van der Waals surface area contributed by atoms with Crippen LogP contribution in [0.4, 0.5) is 0 Å². The van der Waals surface area contributed by atoms with Crippen LogP contribution in [-0.2, 0) is 0 Å². The molecule has 3 unspecified atom stereocenters. The van der Waals surface area contributed by atoms with Crippen LogP contribution in [0.15, 0.2) is 0 Å². The van der Waals surface area contributed by atoms with Crippen molar-refractivity contribution in [3.05, 3.63) is 0 Å². The van der Waals surface area contributed by atoms with E-state index < -0.39 is 0 Å². The summed E-state index contributed by atoms with van der Waals surface area (Å²) in [5.74, 6) is 2.06. The highest BCUT2D eigenvalue weighted by Crippen LogP contribution is 2.42. The van der Waals surface area contributed by atoms with E-state index in [1.165, 1.54) is 32.4 Å². The molecule has 1 saturated heterocycles. The van der Waals surface area contributed by atoms with E-state index in [4.69, 9.17) is 5.73 Å². The van der Waals surface area contributed by atoms with Gasteiger partial charge in [0.25, 0.3) is 0 Å².